The lowest BCUT2D eigenvalue weighted by Crippen LogP contribution is -2.38. The molecular formula is C14H17F2NO2. The van der Waals surface area contributed by atoms with Crippen molar-refractivity contribution in [1.82, 2.24) is 5.32 Å². The molecule has 1 saturated carbocycles. The van der Waals surface area contributed by atoms with Gasteiger partial charge in [-0.1, -0.05) is 19.3 Å². The van der Waals surface area contributed by atoms with E-state index in [-0.39, 0.29) is 11.6 Å². The first-order valence-corrected chi connectivity index (χ1v) is 6.51. The molecule has 1 aliphatic carbocycles. The SMILES string of the molecule is O=C(O)C(NC1CCCCC1)c1cc(F)cc(F)c1. The second-order valence-electron chi connectivity index (χ2n) is 4.98. The van der Waals surface area contributed by atoms with Crippen LogP contribution in [0.4, 0.5) is 8.78 Å². The van der Waals surface area contributed by atoms with E-state index >= 15 is 0 Å². The van der Waals surface area contributed by atoms with E-state index in [1.165, 1.54) is 0 Å². The van der Waals surface area contributed by atoms with Crippen molar-refractivity contribution < 1.29 is 18.7 Å². The number of aliphatic carboxylic acids is 1. The van der Waals surface area contributed by atoms with E-state index in [2.05, 4.69) is 5.32 Å². The zero-order chi connectivity index (χ0) is 13.8. The maximum absolute atomic E-state index is 13.2. The van der Waals surface area contributed by atoms with Crippen molar-refractivity contribution in [2.75, 3.05) is 0 Å². The van der Waals surface area contributed by atoms with Crippen LogP contribution in [0.15, 0.2) is 18.2 Å². The molecule has 1 fully saturated rings. The third-order valence-corrected chi connectivity index (χ3v) is 3.47. The molecule has 5 heteroatoms. The fourth-order valence-corrected chi connectivity index (χ4v) is 2.56. The molecule has 0 bridgehead atoms. The molecule has 0 spiro atoms. The molecular weight excluding hydrogens is 252 g/mol. The summed E-state index contributed by atoms with van der Waals surface area (Å²) in [6, 6.07) is 1.91. The summed E-state index contributed by atoms with van der Waals surface area (Å²) in [7, 11) is 0. The molecule has 1 unspecified atom stereocenters. The molecule has 0 aromatic heterocycles. The smallest absolute Gasteiger partial charge is 0.325 e. The molecule has 3 nitrogen and oxygen atoms in total. The molecule has 1 atom stereocenters. The number of nitrogens with one attached hydrogen (secondary N) is 1. The Bertz CT molecular complexity index is 439. The lowest BCUT2D eigenvalue weighted by molar-refractivity contribution is -0.140. The van der Waals surface area contributed by atoms with Gasteiger partial charge in [0, 0.05) is 12.1 Å². The number of carboxylic acids is 1. The Kier molecular flexibility index (Phi) is 4.47. The van der Waals surface area contributed by atoms with E-state index < -0.39 is 23.6 Å². The highest BCUT2D eigenvalue weighted by atomic mass is 19.1. The van der Waals surface area contributed by atoms with E-state index in [1.54, 1.807) is 0 Å². The zero-order valence-electron chi connectivity index (χ0n) is 10.5. The van der Waals surface area contributed by atoms with Gasteiger partial charge in [-0.05, 0) is 30.5 Å². The van der Waals surface area contributed by atoms with Gasteiger partial charge in [-0.2, -0.15) is 0 Å². The van der Waals surface area contributed by atoms with Gasteiger partial charge in [0.2, 0.25) is 0 Å². The average molecular weight is 269 g/mol. The van der Waals surface area contributed by atoms with Crippen molar-refractivity contribution in [3.05, 3.63) is 35.4 Å². The standard InChI is InChI=1S/C14H17F2NO2/c15-10-6-9(7-11(16)8-10)13(14(18)19)17-12-4-2-1-3-5-12/h6-8,12-13,17H,1-5H2,(H,18,19). The Hall–Kier alpha value is -1.49. The van der Waals surface area contributed by atoms with Crippen LogP contribution >= 0.6 is 0 Å². The van der Waals surface area contributed by atoms with Gasteiger partial charge in [-0.25, -0.2) is 8.78 Å². The fraction of sp³-hybridized carbons (Fsp3) is 0.500. The predicted molar refractivity (Wildman–Crippen MR) is 66.7 cm³/mol. The van der Waals surface area contributed by atoms with Gasteiger partial charge in [-0.15, -0.1) is 0 Å². The summed E-state index contributed by atoms with van der Waals surface area (Å²) in [6.45, 7) is 0. The van der Waals surface area contributed by atoms with Crippen molar-refractivity contribution in [2.45, 2.75) is 44.2 Å². The molecule has 0 aliphatic heterocycles. The summed E-state index contributed by atoms with van der Waals surface area (Å²) in [5, 5.41) is 12.2. The second-order valence-corrected chi connectivity index (χ2v) is 4.98. The first-order chi connectivity index (χ1) is 9.06. The molecule has 1 aliphatic rings. The van der Waals surface area contributed by atoms with Crippen molar-refractivity contribution >= 4 is 5.97 Å². The number of rotatable bonds is 4. The van der Waals surface area contributed by atoms with Crippen molar-refractivity contribution in [3.8, 4) is 0 Å². The van der Waals surface area contributed by atoms with E-state index in [9.17, 15) is 18.7 Å². The average Bonchev–Trinajstić information content (AvgIpc) is 2.35. The molecule has 19 heavy (non-hydrogen) atoms. The van der Waals surface area contributed by atoms with Crippen LogP contribution in [0.2, 0.25) is 0 Å². The fourth-order valence-electron chi connectivity index (χ4n) is 2.56. The maximum atomic E-state index is 13.2. The van der Waals surface area contributed by atoms with Crippen LogP contribution in [0.1, 0.15) is 43.7 Å². The van der Waals surface area contributed by atoms with Gasteiger partial charge in [-0.3, -0.25) is 10.1 Å². The highest BCUT2D eigenvalue weighted by Crippen LogP contribution is 2.23. The maximum Gasteiger partial charge on any atom is 0.325 e. The van der Waals surface area contributed by atoms with Crippen molar-refractivity contribution in [2.24, 2.45) is 0 Å². The van der Waals surface area contributed by atoms with E-state index in [4.69, 9.17) is 0 Å². The number of hydrogen-bond donors (Lipinski definition) is 2. The number of halogens is 2. The monoisotopic (exact) mass is 269 g/mol. The van der Waals surface area contributed by atoms with Crippen LogP contribution in [0.25, 0.3) is 0 Å². The number of benzene rings is 1. The summed E-state index contributed by atoms with van der Waals surface area (Å²) in [5.74, 6) is -2.63. The van der Waals surface area contributed by atoms with Crippen LogP contribution < -0.4 is 5.32 Å². The van der Waals surface area contributed by atoms with Crippen LogP contribution in [0, 0.1) is 11.6 Å². The molecule has 0 amide bonds. The predicted octanol–water partition coefficient (Wildman–Crippen LogP) is 3.01. The topological polar surface area (TPSA) is 49.3 Å². The number of carboxylic acid groups (broad SMARTS) is 1. The van der Waals surface area contributed by atoms with Gasteiger partial charge in [0.25, 0.3) is 0 Å². The van der Waals surface area contributed by atoms with E-state index in [0.29, 0.717) is 0 Å². The first kappa shape index (κ1) is 13.9. The van der Waals surface area contributed by atoms with Crippen LogP contribution in [0.5, 0.6) is 0 Å². The highest BCUT2D eigenvalue weighted by molar-refractivity contribution is 5.75. The summed E-state index contributed by atoms with van der Waals surface area (Å²) >= 11 is 0. The highest BCUT2D eigenvalue weighted by Gasteiger charge is 2.25. The lowest BCUT2D eigenvalue weighted by Gasteiger charge is -2.26. The van der Waals surface area contributed by atoms with Crippen LogP contribution in [-0.2, 0) is 4.79 Å². The molecule has 1 aromatic carbocycles. The summed E-state index contributed by atoms with van der Waals surface area (Å²) in [5.41, 5.74) is 0.121. The molecule has 2 N–H and O–H groups in total. The van der Waals surface area contributed by atoms with Gasteiger partial charge in [0.15, 0.2) is 0 Å². The summed E-state index contributed by atoms with van der Waals surface area (Å²) in [4.78, 5) is 11.3. The third-order valence-electron chi connectivity index (χ3n) is 3.47. The normalized spacial score (nSPS) is 18.2. The number of carbonyl (C=O) groups is 1. The Morgan fingerprint density at radius 3 is 2.26 bits per heavy atom. The van der Waals surface area contributed by atoms with E-state index in [1.807, 2.05) is 0 Å². The molecule has 104 valence electrons. The summed E-state index contributed by atoms with van der Waals surface area (Å²) < 4.78 is 26.3. The zero-order valence-corrected chi connectivity index (χ0v) is 10.5. The van der Waals surface area contributed by atoms with Crippen LogP contribution in [0.3, 0.4) is 0 Å². The van der Waals surface area contributed by atoms with Gasteiger partial charge in [0.05, 0.1) is 0 Å². The Labute approximate surface area is 110 Å². The molecule has 2 rings (SSSR count). The lowest BCUT2D eigenvalue weighted by atomic mass is 9.94. The molecule has 0 heterocycles. The van der Waals surface area contributed by atoms with Crippen molar-refractivity contribution in [1.29, 1.82) is 0 Å². The Morgan fingerprint density at radius 2 is 1.74 bits per heavy atom. The largest absolute Gasteiger partial charge is 0.480 e. The Morgan fingerprint density at radius 1 is 1.16 bits per heavy atom. The minimum absolute atomic E-state index is 0.0983. The third kappa shape index (κ3) is 3.73. The summed E-state index contributed by atoms with van der Waals surface area (Å²) in [6.07, 6.45) is 5.08. The molecule has 0 radical (unpaired) electrons. The minimum atomic E-state index is -1.12. The van der Waals surface area contributed by atoms with Crippen molar-refractivity contribution in [3.63, 3.8) is 0 Å². The minimum Gasteiger partial charge on any atom is -0.480 e. The molecule has 1 aromatic rings. The van der Waals surface area contributed by atoms with E-state index in [0.717, 1.165) is 50.3 Å². The second kappa shape index (κ2) is 6.10. The first-order valence-electron chi connectivity index (χ1n) is 6.51. The van der Waals surface area contributed by atoms with Gasteiger partial charge >= 0.3 is 5.97 Å². The van der Waals surface area contributed by atoms with Gasteiger partial charge < -0.3 is 5.11 Å². The number of hydrogen-bond acceptors (Lipinski definition) is 2. The van der Waals surface area contributed by atoms with Gasteiger partial charge in [0.1, 0.15) is 17.7 Å². The Balaban J connectivity index is 2.16. The quantitative estimate of drug-likeness (QED) is 0.883. The molecule has 0 saturated heterocycles. The van der Waals surface area contributed by atoms with Crippen LogP contribution in [-0.4, -0.2) is 17.1 Å².